The van der Waals surface area contributed by atoms with Gasteiger partial charge in [0, 0.05) is 79.4 Å². The first-order valence-corrected chi connectivity index (χ1v) is 12.5. The number of methoxy groups -OCH3 is 2. The highest BCUT2D eigenvalue weighted by Crippen LogP contribution is 2.34. The number of aryl methyl sites for hydroxylation is 2. The monoisotopic (exact) mass is 498 g/mol. The van der Waals surface area contributed by atoms with E-state index in [1.165, 1.54) is 11.4 Å². The summed E-state index contributed by atoms with van der Waals surface area (Å²) in [6.07, 6.45) is 4.87. The van der Waals surface area contributed by atoms with Crippen molar-refractivity contribution in [1.29, 1.82) is 0 Å². The molecule has 1 aliphatic rings. The summed E-state index contributed by atoms with van der Waals surface area (Å²) in [5, 5.41) is 1.95. The highest BCUT2D eigenvalue weighted by atomic mass is 16.5. The molecule has 0 radical (unpaired) electrons. The van der Waals surface area contributed by atoms with Crippen LogP contribution in [-0.2, 0) is 6.54 Å². The van der Waals surface area contributed by atoms with E-state index in [1.54, 1.807) is 14.2 Å². The fraction of sp³-hybridized carbons (Fsp3) is 0.310. The molecule has 3 heterocycles. The molecule has 8 heteroatoms. The van der Waals surface area contributed by atoms with E-state index in [1.807, 2.05) is 42.5 Å². The van der Waals surface area contributed by atoms with E-state index in [-0.39, 0.29) is 0 Å². The number of ether oxygens (including phenoxy) is 2. The number of nitrogens with zero attached hydrogens (tertiary/aromatic N) is 5. The summed E-state index contributed by atoms with van der Waals surface area (Å²) in [7, 11) is 5.34. The largest absolute Gasteiger partial charge is 0.497 e. The molecule has 1 aliphatic heterocycles. The van der Waals surface area contributed by atoms with Gasteiger partial charge in [-0.3, -0.25) is 4.98 Å². The Kier molecular flexibility index (Phi) is 7.01. The van der Waals surface area contributed by atoms with Crippen molar-refractivity contribution in [2.24, 2.45) is 0 Å². The predicted molar refractivity (Wildman–Crippen MR) is 148 cm³/mol. The zero-order valence-corrected chi connectivity index (χ0v) is 22.2. The molecule has 4 aromatic rings. The predicted octanol–water partition coefficient (Wildman–Crippen LogP) is 5.08. The van der Waals surface area contributed by atoms with Crippen LogP contribution in [0.5, 0.6) is 11.5 Å². The molecule has 0 saturated heterocycles. The Bertz CT molecular complexity index is 1400. The molecule has 8 nitrogen and oxygen atoms in total. The van der Waals surface area contributed by atoms with E-state index >= 15 is 0 Å². The minimum absolute atomic E-state index is 0.740. The minimum Gasteiger partial charge on any atom is -0.497 e. The quantitative estimate of drug-likeness (QED) is 0.345. The molecule has 192 valence electrons. The first kappa shape index (κ1) is 24.6. The van der Waals surface area contributed by atoms with Crippen molar-refractivity contribution in [2.75, 3.05) is 39.3 Å². The van der Waals surface area contributed by atoms with Gasteiger partial charge in [-0.15, -0.1) is 0 Å². The van der Waals surface area contributed by atoms with Crippen molar-refractivity contribution < 1.29 is 9.47 Å². The van der Waals surface area contributed by atoms with Crippen LogP contribution >= 0.6 is 0 Å². The van der Waals surface area contributed by atoms with E-state index in [4.69, 9.17) is 14.5 Å². The van der Waals surface area contributed by atoms with Gasteiger partial charge in [-0.05, 0) is 50.6 Å². The SMILES string of the molecule is COc1cc(OC)cc(N(CCCn2c(C)ccc2C)c2ccc3ncc(C4=CN(C)NC4)nc3c2)c1. The van der Waals surface area contributed by atoms with Crippen LogP contribution in [0.25, 0.3) is 16.6 Å². The lowest BCUT2D eigenvalue weighted by molar-refractivity contribution is 0.374. The maximum atomic E-state index is 5.58. The van der Waals surface area contributed by atoms with E-state index < -0.39 is 0 Å². The van der Waals surface area contributed by atoms with Crippen LogP contribution in [0.3, 0.4) is 0 Å². The summed E-state index contributed by atoms with van der Waals surface area (Å²) in [6.45, 7) is 6.80. The highest BCUT2D eigenvalue weighted by molar-refractivity contribution is 5.82. The molecule has 0 amide bonds. The molecule has 0 fully saturated rings. The lowest BCUT2D eigenvalue weighted by atomic mass is 10.1. The second-order valence-corrected chi connectivity index (χ2v) is 9.37. The Morgan fingerprint density at radius 1 is 0.919 bits per heavy atom. The van der Waals surface area contributed by atoms with Crippen molar-refractivity contribution in [3.8, 4) is 11.5 Å². The van der Waals surface area contributed by atoms with Crippen LogP contribution in [0.4, 0.5) is 11.4 Å². The van der Waals surface area contributed by atoms with Gasteiger partial charge in [-0.25, -0.2) is 10.4 Å². The third kappa shape index (κ3) is 5.24. The Morgan fingerprint density at radius 2 is 1.65 bits per heavy atom. The summed E-state index contributed by atoms with van der Waals surface area (Å²) in [4.78, 5) is 11.9. The van der Waals surface area contributed by atoms with E-state index in [0.717, 1.165) is 71.2 Å². The highest BCUT2D eigenvalue weighted by Gasteiger charge is 2.16. The lowest BCUT2D eigenvalue weighted by Crippen LogP contribution is -2.23. The average Bonchev–Trinajstić information content (AvgIpc) is 3.50. The topological polar surface area (TPSA) is 67.7 Å². The van der Waals surface area contributed by atoms with Gasteiger partial charge in [0.15, 0.2) is 0 Å². The van der Waals surface area contributed by atoms with Gasteiger partial charge in [0.25, 0.3) is 0 Å². The Labute approximate surface area is 218 Å². The number of hydrazine groups is 1. The molecule has 0 unspecified atom stereocenters. The molecule has 0 spiro atoms. The van der Waals surface area contributed by atoms with Gasteiger partial charge in [-0.2, -0.15) is 0 Å². The molecule has 2 aromatic heterocycles. The smallest absolute Gasteiger partial charge is 0.124 e. The third-order valence-corrected chi connectivity index (χ3v) is 6.86. The van der Waals surface area contributed by atoms with Crippen molar-refractivity contribution in [3.05, 3.63) is 78.0 Å². The van der Waals surface area contributed by atoms with Crippen molar-refractivity contribution in [2.45, 2.75) is 26.8 Å². The second kappa shape index (κ2) is 10.5. The fourth-order valence-corrected chi connectivity index (χ4v) is 4.81. The average molecular weight is 499 g/mol. The van der Waals surface area contributed by atoms with Crippen LogP contribution in [0.15, 0.2) is 60.9 Å². The molecular weight excluding hydrogens is 464 g/mol. The van der Waals surface area contributed by atoms with Gasteiger partial charge in [-0.1, -0.05) is 0 Å². The molecular formula is C29H34N6O2. The van der Waals surface area contributed by atoms with Crippen LogP contribution < -0.4 is 19.8 Å². The van der Waals surface area contributed by atoms with Crippen molar-refractivity contribution >= 4 is 28.0 Å². The number of fused-ring (bicyclic) bond motifs is 1. The summed E-state index contributed by atoms with van der Waals surface area (Å²) in [6, 6.07) is 16.6. The number of rotatable bonds is 9. The van der Waals surface area contributed by atoms with Crippen molar-refractivity contribution in [1.82, 2.24) is 25.0 Å². The number of aromatic nitrogens is 3. The van der Waals surface area contributed by atoms with E-state index in [2.05, 4.69) is 64.2 Å². The molecule has 37 heavy (non-hydrogen) atoms. The number of hydrogen-bond acceptors (Lipinski definition) is 7. The maximum absolute atomic E-state index is 5.58. The Hall–Kier alpha value is -4.04. The fourth-order valence-electron chi connectivity index (χ4n) is 4.81. The Morgan fingerprint density at radius 3 is 2.30 bits per heavy atom. The number of nitrogens with one attached hydrogen (secondary N) is 1. The molecule has 5 rings (SSSR count). The number of hydrogen-bond donors (Lipinski definition) is 1. The molecule has 1 N–H and O–H groups in total. The first-order chi connectivity index (χ1) is 17.9. The van der Waals surface area contributed by atoms with Gasteiger partial charge in [0.2, 0.25) is 0 Å². The lowest BCUT2D eigenvalue weighted by Gasteiger charge is -2.26. The van der Waals surface area contributed by atoms with Crippen LogP contribution in [0.1, 0.15) is 23.5 Å². The maximum Gasteiger partial charge on any atom is 0.124 e. The third-order valence-electron chi connectivity index (χ3n) is 6.86. The van der Waals surface area contributed by atoms with Gasteiger partial charge in [0.05, 0.1) is 37.1 Å². The molecule has 0 aliphatic carbocycles. The van der Waals surface area contributed by atoms with Crippen LogP contribution in [-0.4, -0.2) is 53.9 Å². The summed E-state index contributed by atoms with van der Waals surface area (Å²) < 4.78 is 13.5. The number of benzene rings is 2. The van der Waals surface area contributed by atoms with E-state index in [9.17, 15) is 0 Å². The summed E-state index contributed by atoms with van der Waals surface area (Å²) in [5.74, 6) is 1.51. The summed E-state index contributed by atoms with van der Waals surface area (Å²) >= 11 is 0. The standard InChI is InChI=1S/C29H34N6O2/c1-20-7-8-21(2)34(20)11-6-12-35(24-13-25(36-4)16-26(14-24)37-5)23-9-10-27-28(15-23)32-29(18-30-27)22-17-31-33(3)19-22/h7-10,13-16,18-19,31H,6,11-12,17H2,1-5H3. The zero-order valence-electron chi connectivity index (χ0n) is 22.2. The van der Waals surface area contributed by atoms with Crippen molar-refractivity contribution in [3.63, 3.8) is 0 Å². The Balaban J connectivity index is 1.51. The molecule has 2 aromatic carbocycles. The first-order valence-electron chi connectivity index (χ1n) is 12.5. The normalized spacial score (nSPS) is 13.2. The summed E-state index contributed by atoms with van der Waals surface area (Å²) in [5.41, 5.74) is 11.6. The molecule has 0 saturated carbocycles. The van der Waals surface area contributed by atoms with Crippen LogP contribution in [0, 0.1) is 13.8 Å². The zero-order chi connectivity index (χ0) is 25.9. The van der Waals surface area contributed by atoms with Gasteiger partial charge >= 0.3 is 0 Å². The number of anilines is 2. The minimum atomic E-state index is 0.740. The van der Waals surface area contributed by atoms with E-state index in [0.29, 0.717) is 0 Å². The second-order valence-electron chi connectivity index (χ2n) is 9.37. The van der Waals surface area contributed by atoms with Crippen LogP contribution in [0.2, 0.25) is 0 Å². The molecule has 0 bridgehead atoms. The molecule has 0 atom stereocenters. The van der Waals surface area contributed by atoms with Gasteiger partial charge in [0.1, 0.15) is 11.5 Å². The van der Waals surface area contributed by atoms with Gasteiger partial charge < -0.3 is 23.9 Å².